The Kier molecular flexibility index (Phi) is 6.07. The van der Waals surface area contributed by atoms with E-state index in [-0.39, 0.29) is 17.7 Å². The van der Waals surface area contributed by atoms with Crippen molar-refractivity contribution in [1.29, 1.82) is 0 Å². The smallest absolute Gasteiger partial charge is 0.263 e. The van der Waals surface area contributed by atoms with Crippen LogP contribution in [0.1, 0.15) is 54.6 Å². The van der Waals surface area contributed by atoms with Gasteiger partial charge in [-0.2, -0.15) is 0 Å². The number of nitrogens with zero attached hydrogens (tertiary/aromatic N) is 1. The Balaban J connectivity index is 1.46. The monoisotopic (exact) mass is 346 g/mol. The molecule has 1 unspecified atom stereocenters. The fourth-order valence-electron chi connectivity index (χ4n) is 3.55. The number of hydrogen-bond donors (Lipinski definition) is 1. The lowest BCUT2D eigenvalue weighted by atomic mass is 9.96. The van der Waals surface area contributed by atoms with Crippen molar-refractivity contribution in [2.75, 3.05) is 19.6 Å². The molecule has 1 aromatic heterocycles. The predicted molar refractivity (Wildman–Crippen MR) is 97.1 cm³/mol. The zero-order chi connectivity index (χ0) is 16.8. The van der Waals surface area contributed by atoms with Gasteiger partial charge in [-0.1, -0.05) is 17.7 Å². The van der Waals surface area contributed by atoms with E-state index >= 15 is 0 Å². The summed E-state index contributed by atoms with van der Waals surface area (Å²) in [7, 11) is 0. The molecule has 1 fully saturated rings. The van der Waals surface area contributed by atoms with Crippen molar-refractivity contribution in [3.05, 3.63) is 34.0 Å². The molecule has 1 aliphatic carbocycles. The maximum Gasteiger partial charge on any atom is 0.263 e. The second kappa shape index (κ2) is 8.47. The first-order valence-corrected chi connectivity index (χ1v) is 9.90. The molecule has 0 aromatic carbocycles. The molecule has 130 valence electrons. The first kappa shape index (κ1) is 17.2. The Labute approximate surface area is 147 Å². The molecule has 4 nitrogen and oxygen atoms in total. The summed E-state index contributed by atoms with van der Waals surface area (Å²) in [6.07, 6.45) is 10.0. The SMILES string of the molecule is O=C(NCCC1=CCCCC1)C1CCCN(C(=O)c2cccs2)C1. The van der Waals surface area contributed by atoms with Gasteiger partial charge in [-0.15, -0.1) is 11.3 Å². The van der Waals surface area contributed by atoms with Crippen LogP contribution in [0.4, 0.5) is 0 Å². The lowest BCUT2D eigenvalue weighted by Crippen LogP contribution is -2.45. The van der Waals surface area contributed by atoms with Gasteiger partial charge in [0.1, 0.15) is 0 Å². The van der Waals surface area contributed by atoms with E-state index in [0.29, 0.717) is 6.54 Å². The number of hydrogen-bond acceptors (Lipinski definition) is 3. The average Bonchev–Trinajstić information content (AvgIpc) is 3.16. The highest BCUT2D eigenvalue weighted by molar-refractivity contribution is 7.12. The van der Waals surface area contributed by atoms with Crippen LogP contribution in [0.15, 0.2) is 29.2 Å². The van der Waals surface area contributed by atoms with Gasteiger partial charge in [0.05, 0.1) is 10.8 Å². The van der Waals surface area contributed by atoms with Gasteiger partial charge in [-0.05, 0) is 56.4 Å². The Morgan fingerprint density at radius 1 is 1.29 bits per heavy atom. The molecule has 2 heterocycles. The number of allylic oxidation sites excluding steroid dienone is 1. The molecule has 1 atom stereocenters. The minimum absolute atomic E-state index is 0.0647. The van der Waals surface area contributed by atoms with Crippen LogP contribution in [0.25, 0.3) is 0 Å². The van der Waals surface area contributed by atoms with E-state index in [1.165, 1.54) is 42.6 Å². The average molecular weight is 346 g/mol. The molecule has 0 saturated carbocycles. The molecule has 0 spiro atoms. The largest absolute Gasteiger partial charge is 0.355 e. The lowest BCUT2D eigenvalue weighted by molar-refractivity contribution is -0.126. The van der Waals surface area contributed by atoms with E-state index in [0.717, 1.165) is 37.2 Å². The zero-order valence-corrected chi connectivity index (χ0v) is 14.9. The summed E-state index contributed by atoms with van der Waals surface area (Å²) in [5.41, 5.74) is 1.49. The van der Waals surface area contributed by atoms with Crippen molar-refractivity contribution in [1.82, 2.24) is 10.2 Å². The highest BCUT2D eigenvalue weighted by Crippen LogP contribution is 2.22. The maximum absolute atomic E-state index is 12.4. The molecule has 1 aromatic rings. The molecule has 5 heteroatoms. The number of amides is 2. The standard InChI is InChI=1S/C19H26N2O2S/c22-18(20-11-10-15-6-2-1-3-7-15)16-8-4-12-21(14-16)19(23)17-9-5-13-24-17/h5-6,9,13,16H,1-4,7-8,10-12,14H2,(H,20,22). The number of thiophene rings is 1. The quantitative estimate of drug-likeness (QED) is 0.828. The second-order valence-corrected chi connectivity index (χ2v) is 7.66. The van der Waals surface area contributed by atoms with Crippen LogP contribution in [0, 0.1) is 5.92 Å². The van der Waals surface area contributed by atoms with Gasteiger partial charge in [0.15, 0.2) is 0 Å². The summed E-state index contributed by atoms with van der Waals surface area (Å²) in [4.78, 5) is 27.5. The van der Waals surface area contributed by atoms with Crippen molar-refractivity contribution >= 4 is 23.2 Å². The van der Waals surface area contributed by atoms with Gasteiger partial charge < -0.3 is 10.2 Å². The van der Waals surface area contributed by atoms with Crippen LogP contribution in [0.3, 0.4) is 0 Å². The summed E-state index contributed by atoms with van der Waals surface area (Å²) in [5.74, 6) is 0.105. The van der Waals surface area contributed by atoms with Gasteiger partial charge in [0, 0.05) is 19.6 Å². The minimum atomic E-state index is -0.0667. The predicted octanol–water partition coefficient (Wildman–Crippen LogP) is 3.61. The van der Waals surface area contributed by atoms with E-state index < -0.39 is 0 Å². The zero-order valence-electron chi connectivity index (χ0n) is 14.1. The number of rotatable bonds is 5. The van der Waals surface area contributed by atoms with Crippen LogP contribution in [-0.2, 0) is 4.79 Å². The summed E-state index contributed by atoms with van der Waals surface area (Å²) < 4.78 is 0. The van der Waals surface area contributed by atoms with Gasteiger partial charge in [-0.25, -0.2) is 0 Å². The van der Waals surface area contributed by atoms with Crippen LogP contribution < -0.4 is 5.32 Å². The van der Waals surface area contributed by atoms with Crippen LogP contribution in [0.5, 0.6) is 0 Å². The molecule has 1 saturated heterocycles. The van der Waals surface area contributed by atoms with Crippen molar-refractivity contribution in [3.63, 3.8) is 0 Å². The molecule has 2 amide bonds. The molecule has 0 bridgehead atoms. The maximum atomic E-state index is 12.4. The first-order chi connectivity index (χ1) is 11.7. The van der Waals surface area contributed by atoms with Crippen LogP contribution >= 0.6 is 11.3 Å². The number of likely N-dealkylation sites (tertiary alicyclic amines) is 1. The summed E-state index contributed by atoms with van der Waals surface area (Å²) >= 11 is 1.47. The summed E-state index contributed by atoms with van der Waals surface area (Å²) in [6, 6.07) is 3.75. The Hall–Kier alpha value is -1.62. The number of carbonyl (C=O) groups is 2. The summed E-state index contributed by atoms with van der Waals surface area (Å²) in [6.45, 7) is 2.03. The number of nitrogens with one attached hydrogen (secondary N) is 1. The molecule has 3 rings (SSSR count). The lowest BCUT2D eigenvalue weighted by Gasteiger charge is -2.31. The number of piperidine rings is 1. The topological polar surface area (TPSA) is 49.4 Å². The van der Waals surface area contributed by atoms with E-state index in [1.807, 2.05) is 22.4 Å². The van der Waals surface area contributed by atoms with Crippen molar-refractivity contribution < 1.29 is 9.59 Å². The van der Waals surface area contributed by atoms with Gasteiger partial charge >= 0.3 is 0 Å². The van der Waals surface area contributed by atoms with Crippen molar-refractivity contribution in [2.24, 2.45) is 5.92 Å². The van der Waals surface area contributed by atoms with Crippen molar-refractivity contribution in [3.8, 4) is 0 Å². The first-order valence-electron chi connectivity index (χ1n) is 9.02. The third-order valence-electron chi connectivity index (χ3n) is 4.94. The van der Waals surface area contributed by atoms with E-state index in [4.69, 9.17) is 0 Å². The highest BCUT2D eigenvalue weighted by Gasteiger charge is 2.29. The molecule has 24 heavy (non-hydrogen) atoms. The fraction of sp³-hybridized carbons (Fsp3) is 0.579. The molecular weight excluding hydrogens is 320 g/mol. The van der Waals surface area contributed by atoms with E-state index in [9.17, 15) is 9.59 Å². The van der Waals surface area contributed by atoms with E-state index in [2.05, 4.69) is 11.4 Å². The van der Waals surface area contributed by atoms with E-state index in [1.54, 1.807) is 0 Å². The molecule has 2 aliphatic rings. The Morgan fingerprint density at radius 2 is 2.21 bits per heavy atom. The number of carbonyl (C=O) groups excluding carboxylic acids is 2. The van der Waals surface area contributed by atoms with Gasteiger partial charge in [0.2, 0.25) is 5.91 Å². The minimum Gasteiger partial charge on any atom is -0.355 e. The third kappa shape index (κ3) is 4.47. The Bertz CT molecular complexity index is 595. The Morgan fingerprint density at radius 3 is 2.96 bits per heavy atom. The fourth-order valence-corrected chi connectivity index (χ4v) is 4.24. The van der Waals surface area contributed by atoms with Crippen molar-refractivity contribution in [2.45, 2.75) is 44.9 Å². The molecule has 0 radical (unpaired) electrons. The third-order valence-corrected chi connectivity index (χ3v) is 5.80. The van der Waals surface area contributed by atoms with Crippen LogP contribution in [0.2, 0.25) is 0 Å². The summed E-state index contributed by atoms with van der Waals surface area (Å²) in [5, 5.41) is 5.00. The molecule has 1 aliphatic heterocycles. The van der Waals surface area contributed by atoms with Crippen LogP contribution in [-0.4, -0.2) is 36.3 Å². The molecule has 1 N–H and O–H groups in total. The molecular formula is C19H26N2O2S. The van der Waals surface area contributed by atoms with Gasteiger partial charge in [-0.3, -0.25) is 9.59 Å². The second-order valence-electron chi connectivity index (χ2n) is 6.72. The highest BCUT2D eigenvalue weighted by atomic mass is 32.1. The van der Waals surface area contributed by atoms with Gasteiger partial charge in [0.25, 0.3) is 5.91 Å². The normalized spacial score (nSPS) is 21.2.